The molecule has 3 rings (SSSR count). The summed E-state index contributed by atoms with van der Waals surface area (Å²) in [6.07, 6.45) is 5.85. The molecule has 3 fully saturated rings. The van der Waals surface area contributed by atoms with Gasteiger partial charge in [0.25, 0.3) is 0 Å². The highest BCUT2D eigenvalue weighted by atomic mass is 16.4. The van der Waals surface area contributed by atoms with Crippen molar-refractivity contribution in [2.24, 2.45) is 27.6 Å². The fraction of sp³-hybridized carbons (Fsp3) is 0.800. The van der Waals surface area contributed by atoms with Crippen molar-refractivity contribution in [3.63, 3.8) is 0 Å². The Labute approximate surface area is 144 Å². The smallest absolute Gasteiger partial charge is 0.309 e. The predicted octanol–water partition coefficient (Wildman–Crippen LogP) is 3.58. The lowest BCUT2D eigenvalue weighted by Crippen LogP contribution is -2.60. The van der Waals surface area contributed by atoms with Crippen LogP contribution in [0, 0.1) is 27.6 Å². The van der Waals surface area contributed by atoms with Gasteiger partial charge >= 0.3 is 5.97 Å². The van der Waals surface area contributed by atoms with E-state index in [4.69, 9.17) is 0 Å². The van der Waals surface area contributed by atoms with Crippen molar-refractivity contribution < 1.29 is 19.8 Å². The van der Waals surface area contributed by atoms with E-state index in [0.29, 0.717) is 32.1 Å². The lowest BCUT2D eigenvalue weighted by Gasteiger charge is -2.56. The second-order valence-electron chi connectivity index (χ2n) is 9.33. The first-order valence-electron chi connectivity index (χ1n) is 9.14. The molecule has 0 saturated heterocycles. The standard InChI is InChI=1S/C20H30O4/c1-5-17(2)11-14(21)20(12-17)10-7-13-18(3,15(20)22)8-6-9-19(13,4)16(23)24/h5,13-14,21H,1,6-12H2,2-4H3,(H,23,24)/t13-,14-,17+,18+,19-,20-/m0/s1. The Kier molecular flexibility index (Phi) is 3.80. The minimum atomic E-state index is -0.838. The van der Waals surface area contributed by atoms with Gasteiger partial charge in [0.15, 0.2) is 0 Å². The number of carboxylic acid groups (broad SMARTS) is 1. The molecule has 24 heavy (non-hydrogen) atoms. The van der Waals surface area contributed by atoms with Crippen LogP contribution in [0.25, 0.3) is 0 Å². The third-order valence-electron chi connectivity index (χ3n) is 7.78. The molecule has 0 aromatic rings. The van der Waals surface area contributed by atoms with E-state index in [9.17, 15) is 19.8 Å². The first-order valence-corrected chi connectivity index (χ1v) is 9.14. The molecule has 0 aliphatic heterocycles. The van der Waals surface area contributed by atoms with E-state index in [1.165, 1.54) is 0 Å². The van der Waals surface area contributed by atoms with Crippen LogP contribution in [0.5, 0.6) is 0 Å². The molecule has 2 N–H and O–H groups in total. The number of Topliss-reactive ketones (excluding diaryl/α,β-unsaturated/α-hetero) is 1. The number of allylic oxidation sites excluding steroid dienone is 1. The summed E-state index contributed by atoms with van der Waals surface area (Å²) in [5.41, 5.74) is -2.42. The summed E-state index contributed by atoms with van der Waals surface area (Å²) in [5.74, 6) is -0.821. The molecule has 0 amide bonds. The summed E-state index contributed by atoms with van der Waals surface area (Å²) in [6.45, 7) is 9.72. The third-order valence-corrected chi connectivity index (χ3v) is 7.78. The summed E-state index contributed by atoms with van der Waals surface area (Å²) < 4.78 is 0. The van der Waals surface area contributed by atoms with Crippen molar-refractivity contribution in [2.75, 3.05) is 0 Å². The number of rotatable bonds is 2. The fourth-order valence-corrected chi connectivity index (χ4v) is 6.31. The lowest BCUT2D eigenvalue weighted by atomic mass is 9.45. The molecule has 3 aliphatic carbocycles. The third kappa shape index (κ3) is 2.08. The minimum Gasteiger partial charge on any atom is -0.481 e. The second kappa shape index (κ2) is 5.17. The molecule has 4 heteroatoms. The van der Waals surface area contributed by atoms with E-state index < -0.39 is 28.3 Å². The highest BCUT2D eigenvalue weighted by Gasteiger charge is 2.67. The van der Waals surface area contributed by atoms with Gasteiger partial charge < -0.3 is 10.2 Å². The van der Waals surface area contributed by atoms with E-state index in [2.05, 4.69) is 13.5 Å². The molecule has 0 heterocycles. The van der Waals surface area contributed by atoms with Crippen LogP contribution < -0.4 is 0 Å². The van der Waals surface area contributed by atoms with E-state index in [0.717, 1.165) is 12.8 Å². The van der Waals surface area contributed by atoms with Crippen LogP contribution in [0.3, 0.4) is 0 Å². The number of ketones is 1. The Bertz CT molecular complexity index is 598. The molecule has 0 unspecified atom stereocenters. The van der Waals surface area contributed by atoms with Gasteiger partial charge in [-0.1, -0.05) is 26.3 Å². The normalized spacial score (nSPS) is 51.4. The van der Waals surface area contributed by atoms with Crippen LogP contribution in [0.2, 0.25) is 0 Å². The van der Waals surface area contributed by atoms with Gasteiger partial charge in [0.05, 0.1) is 16.9 Å². The molecule has 1 spiro atoms. The van der Waals surface area contributed by atoms with Gasteiger partial charge in [-0.2, -0.15) is 0 Å². The molecule has 0 aromatic carbocycles. The van der Waals surface area contributed by atoms with E-state index in [1.807, 2.05) is 19.9 Å². The second-order valence-corrected chi connectivity index (χ2v) is 9.33. The highest BCUT2D eigenvalue weighted by Crippen LogP contribution is 2.65. The molecule has 0 aromatic heterocycles. The van der Waals surface area contributed by atoms with Crippen molar-refractivity contribution in [2.45, 2.75) is 71.8 Å². The Morgan fingerprint density at radius 1 is 1.25 bits per heavy atom. The predicted molar refractivity (Wildman–Crippen MR) is 91.4 cm³/mol. The Morgan fingerprint density at radius 2 is 1.92 bits per heavy atom. The number of carbonyl (C=O) groups excluding carboxylic acids is 1. The van der Waals surface area contributed by atoms with E-state index in [-0.39, 0.29) is 17.1 Å². The van der Waals surface area contributed by atoms with Crippen LogP contribution >= 0.6 is 0 Å². The number of hydrogen-bond donors (Lipinski definition) is 2. The summed E-state index contributed by atoms with van der Waals surface area (Å²) in [4.78, 5) is 25.6. The van der Waals surface area contributed by atoms with Crippen molar-refractivity contribution in [3.05, 3.63) is 12.7 Å². The topological polar surface area (TPSA) is 74.6 Å². The summed E-state index contributed by atoms with van der Waals surface area (Å²) in [5, 5.41) is 20.6. The summed E-state index contributed by atoms with van der Waals surface area (Å²) >= 11 is 0. The number of aliphatic hydroxyl groups excluding tert-OH is 1. The van der Waals surface area contributed by atoms with Crippen LogP contribution in [-0.4, -0.2) is 28.1 Å². The first kappa shape index (κ1) is 17.7. The van der Waals surface area contributed by atoms with Gasteiger partial charge in [-0.05, 0) is 56.8 Å². The Hall–Kier alpha value is -1.16. The van der Waals surface area contributed by atoms with Crippen molar-refractivity contribution in [1.82, 2.24) is 0 Å². The zero-order chi connectivity index (χ0) is 18.0. The number of carbonyl (C=O) groups is 2. The van der Waals surface area contributed by atoms with Crippen LogP contribution in [0.1, 0.15) is 65.7 Å². The van der Waals surface area contributed by atoms with Gasteiger partial charge in [0.1, 0.15) is 5.78 Å². The largest absolute Gasteiger partial charge is 0.481 e. The molecular weight excluding hydrogens is 304 g/mol. The number of hydrogen-bond acceptors (Lipinski definition) is 3. The lowest BCUT2D eigenvalue weighted by molar-refractivity contribution is -0.177. The van der Waals surface area contributed by atoms with Gasteiger partial charge in [0, 0.05) is 5.41 Å². The maximum atomic E-state index is 13.6. The number of aliphatic hydroxyl groups is 1. The fourth-order valence-electron chi connectivity index (χ4n) is 6.31. The highest BCUT2D eigenvalue weighted by molar-refractivity contribution is 5.93. The molecule has 134 valence electrons. The number of carboxylic acids is 1. The zero-order valence-electron chi connectivity index (χ0n) is 15.1. The summed E-state index contributed by atoms with van der Waals surface area (Å²) in [7, 11) is 0. The maximum absolute atomic E-state index is 13.6. The average Bonchev–Trinajstić information content (AvgIpc) is 2.77. The van der Waals surface area contributed by atoms with Crippen molar-refractivity contribution >= 4 is 11.8 Å². The van der Waals surface area contributed by atoms with Gasteiger partial charge in [-0.15, -0.1) is 6.58 Å². The molecular formula is C20H30O4. The average molecular weight is 334 g/mol. The molecule has 4 nitrogen and oxygen atoms in total. The Morgan fingerprint density at radius 3 is 2.46 bits per heavy atom. The monoisotopic (exact) mass is 334 g/mol. The molecule has 0 bridgehead atoms. The summed E-state index contributed by atoms with van der Waals surface area (Å²) in [6, 6.07) is 0. The zero-order valence-corrected chi connectivity index (χ0v) is 15.1. The van der Waals surface area contributed by atoms with Gasteiger partial charge in [-0.25, -0.2) is 0 Å². The number of fused-ring (bicyclic) bond motifs is 1. The Balaban J connectivity index is 2.01. The number of aliphatic carboxylic acids is 1. The maximum Gasteiger partial charge on any atom is 0.309 e. The molecule has 0 radical (unpaired) electrons. The van der Waals surface area contributed by atoms with Crippen LogP contribution in [0.15, 0.2) is 12.7 Å². The molecule has 6 atom stereocenters. The van der Waals surface area contributed by atoms with E-state index >= 15 is 0 Å². The minimum absolute atomic E-state index is 0.108. The quantitative estimate of drug-likeness (QED) is 0.757. The van der Waals surface area contributed by atoms with Crippen molar-refractivity contribution in [3.8, 4) is 0 Å². The van der Waals surface area contributed by atoms with Crippen LogP contribution in [0.4, 0.5) is 0 Å². The van der Waals surface area contributed by atoms with Crippen molar-refractivity contribution in [1.29, 1.82) is 0 Å². The molecule has 3 saturated carbocycles. The van der Waals surface area contributed by atoms with Gasteiger partial charge in [-0.3, -0.25) is 9.59 Å². The van der Waals surface area contributed by atoms with Crippen LogP contribution in [-0.2, 0) is 9.59 Å². The SMILES string of the molecule is C=C[C@]1(C)C[C@H](O)[C@]2(CC[C@H]3[C@@](C)(CCC[C@]3(C)C(=O)O)C2=O)C1. The molecule has 3 aliphatic rings. The van der Waals surface area contributed by atoms with E-state index in [1.54, 1.807) is 0 Å². The first-order chi connectivity index (χ1) is 11.0. The van der Waals surface area contributed by atoms with Gasteiger partial charge in [0.2, 0.25) is 0 Å².